The molecule has 0 saturated carbocycles. The van der Waals surface area contributed by atoms with Crippen molar-refractivity contribution in [2.24, 2.45) is 5.41 Å². The molecule has 2 fully saturated rings. The minimum atomic E-state index is -4.78. The van der Waals surface area contributed by atoms with Crippen LogP contribution in [-0.2, 0) is 14.8 Å². The van der Waals surface area contributed by atoms with Crippen LogP contribution in [0.4, 0.5) is 13.2 Å². The number of hydrogen-bond donors (Lipinski definition) is 0. The number of hydrogen-bond acceptors (Lipinski definition) is 6. The standard InChI is InChI=1S/C24H27F3N2O6S/c1-33-20-3-2-4-21(15-20)36(31,32)29-13-10-23(11-14-29)9-12-28(17-23)22(30)16-34-18-5-7-19(8-6-18)35-24(25,26)27/h2-8,15H,9-14,16-17H2,1H3. The molecule has 2 heterocycles. The van der Waals surface area contributed by atoms with Crippen LogP contribution in [0.1, 0.15) is 19.3 Å². The molecule has 0 atom stereocenters. The third-order valence-electron chi connectivity index (χ3n) is 6.67. The normalized spacial score (nSPS) is 18.3. The Bertz CT molecular complexity index is 1180. The summed E-state index contributed by atoms with van der Waals surface area (Å²) in [5, 5.41) is 0. The van der Waals surface area contributed by atoms with Crippen LogP contribution in [0.3, 0.4) is 0 Å². The van der Waals surface area contributed by atoms with Gasteiger partial charge in [0.05, 0.1) is 12.0 Å². The number of methoxy groups -OCH3 is 1. The molecule has 0 aliphatic carbocycles. The van der Waals surface area contributed by atoms with E-state index in [1.54, 1.807) is 23.1 Å². The summed E-state index contributed by atoms with van der Waals surface area (Å²) in [6, 6.07) is 11.2. The Hall–Kier alpha value is -2.99. The van der Waals surface area contributed by atoms with Gasteiger partial charge in [0.15, 0.2) is 6.61 Å². The fraction of sp³-hybridized carbons (Fsp3) is 0.458. The van der Waals surface area contributed by atoms with Gasteiger partial charge in [0, 0.05) is 32.2 Å². The molecule has 2 aliphatic rings. The van der Waals surface area contributed by atoms with E-state index in [-0.39, 0.29) is 34.3 Å². The topological polar surface area (TPSA) is 85.4 Å². The molecule has 2 aliphatic heterocycles. The van der Waals surface area contributed by atoms with Crippen LogP contribution >= 0.6 is 0 Å². The zero-order valence-electron chi connectivity index (χ0n) is 19.7. The Kier molecular flexibility index (Phi) is 7.37. The van der Waals surface area contributed by atoms with E-state index in [0.29, 0.717) is 44.8 Å². The van der Waals surface area contributed by atoms with Gasteiger partial charge < -0.3 is 19.1 Å². The number of sulfonamides is 1. The van der Waals surface area contributed by atoms with Crippen molar-refractivity contribution in [3.05, 3.63) is 48.5 Å². The van der Waals surface area contributed by atoms with Crippen molar-refractivity contribution in [3.8, 4) is 17.2 Å². The van der Waals surface area contributed by atoms with Crippen LogP contribution in [0.15, 0.2) is 53.4 Å². The molecule has 1 spiro atoms. The van der Waals surface area contributed by atoms with Gasteiger partial charge in [-0.15, -0.1) is 13.2 Å². The third-order valence-corrected chi connectivity index (χ3v) is 8.57. The maximum absolute atomic E-state index is 13.1. The Balaban J connectivity index is 1.28. The molecule has 0 N–H and O–H groups in total. The van der Waals surface area contributed by atoms with E-state index in [4.69, 9.17) is 9.47 Å². The predicted octanol–water partition coefficient (Wildman–Crippen LogP) is 3.68. The van der Waals surface area contributed by atoms with E-state index in [9.17, 15) is 26.4 Å². The van der Waals surface area contributed by atoms with Crippen molar-refractivity contribution in [3.63, 3.8) is 0 Å². The number of carbonyl (C=O) groups excluding carboxylic acids is 1. The van der Waals surface area contributed by atoms with Crippen molar-refractivity contribution in [1.82, 2.24) is 9.21 Å². The molecule has 0 radical (unpaired) electrons. The molecular formula is C24H27F3N2O6S. The molecule has 196 valence electrons. The lowest BCUT2D eigenvalue weighted by Crippen LogP contribution is -2.45. The molecule has 1 amide bonds. The number of piperidine rings is 1. The lowest BCUT2D eigenvalue weighted by molar-refractivity contribution is -0.274. The number of benzene rings is 2. The fourth-order valence-corrected chi connectivity index (χ4v) is 6.12. The molecule has 2 saturated heterocycles. The highest BCUT2D eigenvalue weighted by molar-refractivity contribution is 7.89. The van der Waals surface area contributed by atoms with Crippen LogP contribution in [0, 0.1) is 5.41 Å². The van der Waals surface area contributed by atoms with Gasteiger partial charge in [0.1, 0.15) is 17.2 Å². The smallest absolute Gasteiger partial charge is 0.497 e. The maximum Gasteiger partial charge on any atom is 0.573 e. The highest BCUT2D eigenvalue weighted by atomic mass is 32.2. The number of nitrogens with zero attached hydrogens (tertiary/aromatic N) is 2. The van der Waals surface area contributed by atoms with E-state index >= 15 is 0 Å². The van der Waals surface area contributed by atoms with Crippen molar-refractivity contribution in [2.45, 2.75) is 30.5 Å². The first-order chi connectivity index (χ1) is 17.0. The number of ether oxygens (including phenoxy) is 3. The molecule has 12 heteroatoms. The fourth-order valence-electron chi connectivity index (χ4n) is 4.64. The molecule has 0 unspecified atom stereocenters. The van der Waals surface area contributed by atoms with E-state index in [1.165, 1.54) is 29.6 Å². The Morgan fingerprint density at radius 2 is 1.61 bits per heavy atom. The summed E-state index contributed by atoms with van der Waals surface area (Å²) in [4.78, 5) is 14.6. The second-order valence-electron chi connectivity index (χ2n) is 8.96. The second-order valence-corrected chi connectivity index (χ2v) is 10.9. The van der Waals surface area contributed by atoms with Crippen molar-refractivity contribution in [1.29, 1.82) is 0 Å². The largest absolute Gasteiger partial charge is 0.573 e. The van der Waals surface area contributed by atoms with Crippen LogP contribution in [0.2, 0.25) is 0 Å². The number of likely N-dealkylation sites (tertiary alicyclic amines) is 1. The molecule has 0 bridgehead atoms. The van der Waals surface area contributed by atoms with Gasteiger partial charge in [-0.2, -0.15) is 4.31 Å². The molecule has 2 aromatic rings. The van der Waals surface area contributed by atoms with Gasteiger partial charge in [-0.05, 0) is 61.1 Å². The predicted molar refractivity (Wildman–Crippen MR) is 123 cm³/mol. The van der Waals surface area contributed by atoms with Gasteiger partial charge in [-0.25, -0.2) is 8.42 Å². The monoisotopic (exact) mass is 528 g/mol. The lowest BCUT2D eigenvalue weighted by atomic mass is 9.78. The molecule has 2 aromatic carbocycles. The van der Waals surface area contributed by atoms with Crippen molar-refractivity contribution in [2.75, 3.05) is 39.9 Å². The lowest BCUT2D eigenvalue weighted by Gasteiger charge is -2.38. The maximum atomic E-state index is 13.1. The van der Waals surface area contributed by atoms with Crippen molar-refractivity contribution < 1.29 is 40.6 Å². The Morgan fingerprint density at radius 3 is 2.25 bits per heavy atom. The molecule has 0 aromatic heterocycles. The minimum absolute atomic E-state index is 0.146. The highest BCUT2D eigenvalue weighted by Gasteiger charge is 2.44. The van der Waals surface area contributed by atoms with Gasteiger partial charge in [-0.3, -0.25) is 4.79 Å². The highest BCUT2D eigenvalue weighted by Crippen LogP contribution is 2.41. The van der Waals surface area contributed by atoms with Gasteiger partial charge in [0.25, 0.3) is 5.91 Å². The number of alkyl halides is 3. The average Bonchev–Trinajstić information content (AvgIpc) is 3.26. The number of halogens is 3. The first-order valence-corrected chi connectivity index (χ1v) is 12.8. The average molecular weight is 529 g/mol. The van der Waals surface area contributed by atoms with E-state index < -0.39 is 16.4 Å². The molecular weight excluding hydrogens is 501 g/mol. The Morgan fingerprint density at radius 1 is 0.972 bits per heavy atom. The van der Waals surface area contributed by atoms with Gasteiger partial charge in [-0.1, -0.05) is 6.07 Å². The summed E-state index contributed by atoms with van der Waals surface area (Å²) < 4.78 is 78.8. The number of rotatable bonds is 7. The summed E-state index contributed by atoms with van der Waals surface area (Å²) in [6.07, 6.45) is -2.72. The van der Waals surface area contributed by atoms with Crippen molar-refractivity contribution >= 4 is 15.9 Å². The van der Waals surface area contributed by atoms with E-state index in [1.807, 2.05) is 0 Å². The molecule has 4 rings (SSSR count). The van der Waals surface area contributed by atoms with Gasteiger partial charge in [0.2, 0.25) is 10.0 Å². The number of carbonyl (C=O) groups is 1. The van der Waals surface area contributed by atoms with Gasteiger partial charge >= 0.3 is 6.36 Å². The zero-order valence-corrected chi connectivity index (χ0v) is 20.5. The van der Waals surface area contributed by atoms with E-state index in [0.717, 1.165) is 18.6 Å². The Labute approximate surface area is 207 Å². The summed E-state index contributed by atoms with van der Waals surface area (Å²) in [5.41, 5.74) is -0.146. The summed E-state index contributed by atoms with van der Waals surface area (Å²) >= 11 is 0. The first kappa shape index (κ1) is 26.1. The summed E-state index contributed by atoms with van der Waals surface area (Å²) in [7, 11) is -2.16. The van der Waals surface area contributed by atoms with Crippen LogP contribution in [0.25, 0.3) is 0 Å². The second kappa shape index (κ2) is 10.2. The van der Waals surface area contributed by atoms with Crippen LogP contribution < -0.4 is 14.2 Å². The minimum Gasteiger partial charge on any atom is -0.497 e. The van der Waals surface area contributed by atoms with Crippen LogP contribution in [0.5, 0.6) is 17.2 Å². The summed E-state index contributed by atoms with van der Waals surface area (Å²) in [5.74, 6) is 0.126. The zero-order chi connectivity index (χ0) is 26.0. The molecule has 8 nitrogen and oxygen atoms in total. The first-order valence-electron chi connectivity index (χ1n) is 11.4. The SMILES string of the molecule is COc1cccc(S(=O)(=O)N2CCC3(CCN(C(=O)COc4ccc(OC(F)(F)F)cc4)C3)CC2)c1. The van der Waals surface area contributed by atoms with Crippen LogP contribution in [-0.4, -0.2) is 69.8 Å². The van der Waals surface area contributed by atoms with E-state index in [2.05, 4.69) is 4.74 Å². The molecule has 36 heavy (non-hydrogen) atoms. The number of amides is 1. The third kappa shape index (κ3) is 6.04. The quantitative estimate of drug-likeness (QED) is 0.545. The summed E-state index contributed by atoms with van der Waals surface area (Å²) in [6.45, 7) is 1.55.